The highest BCUT2D eigenvalue weighted by Gasteiger charge is 2.25. The molecular formula is C24H33N3O4+2. The number of carbonyl (C=O) groups is 1. The predicted octanol–water partition coefficient (Wildman–Crippen LogP) is -0.373. The van der Waals surface area contributed by atoms with Crippen molar-refractivity contribution in [3.05, 3.63) is 53.6 Å². The first-order valence-electron chi connectivity index (χ1n) is 11.1. The van der Waals surface area contributed by atoms with Crippen LogP contribution in [0, 0.1) is 0 Å². The molecule has 2 aliphatic rings. The molecule has 4 rings (SSSR count). The number of hydrogen-bond donors (Lipinski definition) is 3. The zero-order valence-corrected chi connectivity index (χ0v) is 18.4. The molecule has 0 radical (unpaired) electrons. The van der Waals surface area contributed by atoms with E-state index in [0.29, 0.717) is 19.8 Å². The van der Waals surface area contributed by atoms with E-state index in [-0.39, 0.29) is 11.9 Å². The summed E-state index contributed by atoms with van der Waals surface area (Å²) in [5, 5.41) is 3.14. The summed E-state index contributed by atoms with van der Waals surface area (Å²) in [7, 11) is 1.69. The Bertz CT molecular complexity index is 879. The number of carbonyl (C=O) groups excluding carboxylic acids is 1. The normalized spacial score (nSPS) is 21.2. The summed E-state index contributed by atoms with van der Waals surface area (Å²) >= 11 is 0. The Morgan fingerprint density at radius 1 is 1.00 bits per heavy atom. The average molecular weight is 428 g/mol. The Hall–Kier alpha value is -2.77. The number of quaternary nitrogens is 2. The molecule has 2 heterocycles. The minimum atomic E-state index is -0.0651. The molecule has 7 heteroatoms. The molecule has 0 aliphatic carbocycles. The minimum Gasteiger partial charge on any atom is -0.497 e. The Kier molecular flexibility index (Phi) is 6.94. The van der Waals surface area contributed by atoms with Crippen molar-refractivity contribution < 1.29 is 28.8 Å². The van der Waals surface area contributed by atoms with Crippen molar-refractivity contribution in [1.29, 1.82) is 0 Å². The van der Waals surface area contributed by atoms with Crippen molar-refractivity contribution in [2.75, 3.05) is 53.0 Å². The van der Waals surface area contributed by atoms with Crippen LogP contribution in [0.25, 0.3) is 0 Å². The number of rotatable bonds is 7. The number of piperazine rings is 1. The highest BCUT2D eigenvalue weighted by atomic mass is 16.6. The summed E-state index contributed by atoms with van der Waals surface area (Å²) < 4.78 is 16.5. The van der Waals surface area contributed by atoms with Crippen molar-refractivity contribution in [3.63, 3.8) is 0 Å². The third-order valence-electron chi connectivity index (χ3n) is 6.13. The van der Waals surface area contributed by atoms with Gasteiger partial charge in [-0.1, -0.05) is 6.07 Å². The van der Waals surface area contributed by atoms with Crippen LogP contribution in [0.4, 0.5) is 0 Å². The number of amides is 1. The van der Waals surface area contributed by atoms with Gasteiger partial charge in [0.15, 0.2) is 18.0 Å². The van der Waals surface area contributed by atoms with Gasteiger partial charge in [-0.3, -0.25) is 4.79 Å². The van der Waals surface area contributed by atoms with E-state index >= 15 is 0 Å². The lowest BCUT2D eigenvalue weighted by molar-refractivity contribution is -1.02. The quantitative estimate of drug-likeness (QED) is 0.564. The molecule has 2 aromatic carbocycles. The van der Waals surface area contributed by atoms with E-state index in [2.05, 4.69) is 17.4 Å². The second-order valence-corrected chi connectivity index (χ2v) is 8.39. The van der Waals surface area contributed by atoms with E-state index in [4.69, 9.17) is 14.2 Å². The highest BCUT2D eigenvalue weighted by Crippen LogP contribution is 2.32. The molecule has 0 bridgehead atoms. The van der Waals surface area contributed by atoms with Gasteiger partial charge in [-0.25, -0.2) is 0 Å². The summed E-state index contributed by atoms with van der Waals surface area (Å²) in [5.41, 5.74) is 2.35. The van der Waals surface area contributed by atoms with Crippen molar-refractivity contribution in [2.45, 2.75) is 19.5 Å². The van der Waals surface area contributed by atoms with Gasteiger partial charge in [0.05, 0.1) is 13.2 Å². The Morgan fingerprint density at radius 2 is 1.68 bits per heavy atom. The van der Waals surface area contributed by atoms with Crippen LogP contribution >= 0.6 is 0 Å². The van der Waals surface area contributed by atoms with Crippen LogP contribution in [0.5, 0.6) is 17.2 Å². The highest BCUT2D eigenvalue weighted by molar-refractivity contribution is 5.77. The Morgan fingerprint density at radius 3 is 2.39 bits per heavy atom. The third kappa shape index (κ3) is 5.68. The topological polar surface area (TPSA) is 65.7 Å². The van der Waals surface area contributed by atoms with Crippen molar-refractivity contribution in [2.24, 2.45) is 0 Å². The first kappa shape index (κ1) is 21.5. The van der Waals surface area contributed by atoms with Crippen molar-refractivity contribution >= 4 is 5.91 Å². The van der Waals surface area contributed by atoms with E-state index in [0.717, 1.165) is 55.5 Å². The van der Waals surface area contributed by atoms with Gasteiger partial charge < -0.3 is 29.3 Å². The molecule has 0 unspecified atom stereocenters. The van der Waals surface area contributed by atoms with Gasteiger partial charge in [0.2, 0.25) is 0 Å². The number of methoxy groups -OCH3 is 1. The van der Waals surface area contributed by atoms with Gasteiger partial charge in [-0.05, 0) is 48.9 Å². The number of hydrogen-bond acceptors (Lipinski definition) is 4. The number of nitrogens with one attached hydrogen (secondary N) is 3. The number of benzene rings is 2. The lowest BCUT2D eigenvalue weighted by Crippen LogP contribution is -3.28. The molecule has 1 atom stereocenters. The first-order chi connectivity index (χ1) is 15.1. The van der Waals surface area contributed by atoms with E-state index in [1.165, 1.54) is 10.5 Å². The molecule has 0 spiro atoms. The van der Waals surface area contributed by atoms with Crippen molar-refractivity contribution in [3.8, 4) is 17.2 Å². The fraction of sp³-hybridized carbons (Fsp3) is 0.458. The molecule has 166 valence electrons. The summed E-state index contributed by atoms with van der Waals surface area (Å²) in [6.07, 6.45) is 0. The van der Waals surface area contributed by atoms with Crippen molar-refractivity contribution in [1.82, 2.24) is 5.32 Å². The van der Waals surface area contributed by atoms with Crippen LogP contribution in [0.3, 0.4) is 0 Å². The fourth-order valence-corrected chi connectivity index (χ4v) is 4.27. The van der Waals surface area contributed by atoms with Crippen LogP contribution in [0.15, 0.2) is 42.5 Å². The molecule has 7 nitrogen and oxygen atoms in total. The maximum absolute atomic E-state index is 12.6. The number of ether oxygens (including phenoxy) is 3. The Labute approximate surface area is 183 Å². The van der Waals surface area contributed by atoms with Gasteiger partial charge in [0.1, 0.15) is 51.7 Å². The molecule has 1 saturated heterocycles. The molecule has 2 aliphatic heterocycles. The molecule has 0 saturated carbocycles. The maximum Gasteiger partial charge on any atom is 0.275 e. The lowest BCUT2D eigenvalue weighted by Gasteiger charge is -2.29. The van der Waals surface area contributed by atoms with E-state index in [1.807, 2.05) is 37.3 Å². The maximum atomic E-state index is 12.6. The van der Waals surface area contributed by atoms with Crippen LogP contribution in [-0.2, 0) is 11.3 Å². The smallest absolute Gasteiger partial charge is 0.275 e. The largest absolute Gasteiger partial charge is 0.497 e. The monoisotopic (exact) mass is 427 g/mol. The predicted molar refractivity (Wildman–Crippen MR) is 117 cm³/mol. The summed E-state index contributed by atoms with van der Waals surface area (Å²) in [6.45, 7) is 8.86. The SMILES string of the molecule is COc1ccc(C[NH+]2CC[NH+](CC(=O)N[C@@H](C)c3ccc4c(c3)OCCO4)CC2)cc1. The average Bonchev–Trinajstić information content (AvgIpc) is 2.80. The van der Waals surface area contributed by atoms with Gasteiger partial charge in [-0.2, -0.15) is 0 Å². The molecule has 3 N–H and O–H groups in total. The third-order valence-corrected chi connectivity index (χ3v) is 6.13. The van der Waals surface area contributed by atoms with Gasteiger partial charge in [-0.15, -0.1) is 0 Å². The molecular weight excluding hydrogens is 394 g/mol. The summed E-state index contributed by atoms with van der Waals surface area (Å²) in [5.74, 6) is 2.51. The molecule has 31 heavy (non-hydrogen) atoms. The van der Waals surface area contributed by atoms with Gasteiger partial charge in [0, 0.05) is 5.56 Å². The summed E-state index contributed by atoms with van der Waals surface area (Å²) in [6, 6.07) is 14.1. The zero-order chi connectivity index (χ0) is 21.6. The fourth-order valence-electron chi connectivity index (χ4n) is 4.27. The molecule has 0 aromatic heterocycles. The van der Waals surface area contributed by atoms with E-state index in [1.54, 1.807) is 12.0 Å². The second-order valence-electron chi connectivity index (χ2n) is 8.39. The minimum absolute atomic E-state index is 0.0651. The standard InChI is InChI=1S/C24H31N3O4/c1-18(20-5-8-22-23(15-20)31-14-13-30-22)25-24(28)17-27-11-9-26(10-12-27)16-19-3-6-21(29-2)7-4-19/h3-8,15,18H,9-14,16-17H2,1-2H3,(H,25,28)/p+2/t18-/m0/s1. The number of fused-ring (bicyclic) bond motifs is 1. The van der Waals surface area contributed by atoms with Crippen LogP contribution in [-0.4, -0.2) is 59.0 Å². The van der Waals surface area contributed by atoms with Crippen LogP contribution in [0.1, 0.15) is 24.1 Å². The lowest BCUT2D eigenvalue weighted by atomic mass is 10.1. The second kappa shape index (κ2) is 10.0. The van der Waals surface area contributed by atoms with Gasteiger partial charge >= 0.3 is 0 Å². The molecule has 1 fully saturated rings. The van der Waals surface area contributed by atoms with E-state index in [9.17, 15) is 4.79 Å². The zero-order valence-electron chi connectivity index (χ0n) is 18.4. The summed E-state index contributed by atoms with van der Waals surface area (Å²) in [4.78, 5) is 15.5. The van der Waals surface area contributed by atoms with E-state index < -0.39 is 0 Å². The molecule has 2 aromatic rings. The molecule has 1 amide bonds. The van der Waals surface area contributed by atoms with Crippen LogP contribution in [0.2, 0.25) is 0 Å². The van der Waals surface area contributed by atoms with Crippen LogP contribution < -0.4 is 29.3 Å². The van der Waals surface area contributed by atoms with Gasteiger partial charge in [0.25, 0.3) is 5.91 Å². The Balaban J connectivity index is 1.21. The first-order valence-corrected chi connectivity index (χ1v) is 11.1.